The third-order valence-electron chi connectivity index (χ3n) is 5.64. The van der Waals surface area contributed by atoms with Gasteiger partial charge in [-0.1, -0.05) is 97.0 Å². The molecule has 0 aliphatic heterocycles. The largest absolute Gasteiger partial charge is 0.508 e. The van der Waals surface area contributed by atoms with Gasteiger partial charge in [-0.3, -0.25) is 0 Å². The lowest BCUT2D eigenvalue weighted by atomic mass is 9.96. The molecule has 1 aromatic carbocycles. The molecule has 0 amide bonds. The fourth-order valence-electron chi connectivity index (χ4n) is 3.81. The first-order valence-electron chi connectivity index (χ1n) is 11.5. The van der Waals surface area contributed by atoms with Crippen molar-refractivity contribution in [2.45, 2.75) is 124 Å². The van der Waals surface area contributed by atoms with E-state index in [9.17, 15) is 5.11 Å². The van der Waals surface area contributed by atoms with Gasteiger partial charge >= 0.3 is 0 Å². The molecule has 0 aliphatic rings. The van der Waals surface area contributed by atoms with Crippen molar-refractivity contribution >= 4 is 0 Å². The van der Waals surface area contributed by atoms with Crippen molar-refractivity contribution in [1.29, 1.82) is 0 Å². The van der Waals surface area contributed by atoms with Gasteiger partial charge in [-0.25, -0.2) is 0 Å². The van der Waals surface area contributed by atoms with E-state index in [1.54, 1.807) is 0 Å². The number of hydrogen-bond donors (Lipinski definition) is 1. The van der Waals surface area contributed by atoms with Gasteiger partial charge in [0.1, 0.15) is 5.75 Å². The topological polar surface area (TPSA) is 20.2 Å². The van der Waals surface area contributed by atoms with Gasteiger partial charge in [-0.15, -0.1) is 0 Å². The fourth-order valence-corrected chi connectivity index (χ4v) is 3.81. The van der Waals surface area contributed by atoms with Crippen LogP contribution in [0.3, 0.4) is 0 Å². The Morgan fingerprint density at radius 1 is 0.577 bits per heavy atom. The van der Waals surface area contributed by atoms with Crippen LogP contribution in [0.2, 0.25) is 0 Å². The molecule has 1 nitrogen and oxygen atoms in total. The maximum absolute atomic E-state index is 10.4. The highest BCUT2D eigenvalue weighted by Crippen LogP contribution is 2.26. The monoisotopic (exact) mass is 360 g/mol. The molecule has 0 aliphatic carbocycles. The van der Waals surface area contributed by atoms with E-state index in [0.29, 0.717) is 5.75 Å². The second-order valence-electron chi connectivity index (χ2n) is 8.15. The van der Waals surface area contributed by atoms with Crippen LogP contribution in [0.15, 0.2) is 12.1 Å². The molecule has 0 heterocycles. The maximum Gasteiger partial charge on any atom is 0.119 e. The van der Waals surface area contributed by atoms with Gasteiger partial charge in [0, 0.05) is 0 Å². The Labute approximate surface area is 163 Å². The minimum absolute atomic E-state index is 0.527. The summed E-state index contributed by atoms with van der Waals surface area (Å²) in [6, 6.07) is 4.28. The second-order valence-corrected chi connectivity index (χ2v) is 8.15. The minimum Gasteiger partial charge on any atom is -0.508 e. The highest BCUT2D eigenvalue weighted by atomic mass is 16.3. The van der Waals surface area contributed by atoms with Crippen molar-refractivity contribution in [1.82, 2.24) is 0 Å². The summed E-state index contributed by atoms with van der Waals surface area (Å²) in [6.45, 7) is 6.75. The standard InChI is InChI=1S/C25H44O/c1-4-6-8-10-12-14-16-18-23-21-25(26)24(20-22(23)3)19-17-15-13-11-9-7-5-2/h20-21,26H,4-19H2,1-3H3. The number of unbranched alkanes of at least 4 members (excludes halogenated alkanes) is 12. The lowest BCUT2D eigenvalue weighted by Gasteiger charge is -2.11. The van der Waals surface area contributed by atoms with Crippen molar-refractivity contribution in [3.05, 3.63) is 28.8 Å². The van der Waals surface area contributed by atoms with Gasteiger partial charge in [-0.05, 0) is 55.4 Å². The van der Waals surface area contributed by atoms with Crippen LogP contribution in [0.25, 0.3) is 0 Å². The number of aromatic hydroxyl groups is 1. The molecule has 0 radical (unpaired) electrons. The van der Waals surface area contributed by atoms with Crippen LogP contribution in [0, 0.1) is 6.92 Å². The fraction of sp³-hybridized carbons (Fsp3) is 0.760. The van der Waals surface area contributed by atoms with Gasteiger partial charge < -0.3 is 5.11 Å². The average molecular weight is 361 g/mol. The van der Waals surface area contributed by atoms with Crippen molar-refractivity contribution in [2.24, 2.45) is 0 Å². The predicted octanol–water partition coefficient (Wildman–Crippen LogP) is 8.29. The molecule has 1 aromatic rings. The molecule has 150 valence electrons. The van der Waals surface area contributed by atoms with Gasteiger partial charge in [0.15, 0.2) is 0 Å². The molecular weight excluding hydrogens is 316 g/mol. The first-order valence-corrected chi connectivity index (χ1v) is 11.5. The Kier molecular flexibility index (Phi) is 13.4. The Balaban J connectivity index is 2.26. The number of aryl methyl sites for hydroxylation is 3. The molecular formula is C25H44O. The van der Waals surface area contributed by atoms with Crippen LogP contribution in [0.4, 0.5) is 0 Å². The van der Waals surface area contributed by atoms with Crippen LogP contribution in [-0.4, -0.2) is 5.11 Å². The van der Waals surface area contributed by atoms with Crippen LogP contribution >= 0.6 is 0 Å². The zero-order valence-corrected chi connectivity index (χ0v) is 17.9. The van der Waals surface area contributed by atoms with Gasteiger partial charge in [0.2, 0.25) is 0 Å². The summed E-state index contributed by atoms with van der Waals surface area (Å²) in [7, 11) is 0. The van der Waals surface area contributed by atoms with E-state index in [4.69, 9.17) is 0 Å². The first kappa shape index (κ1) is 23.1. The van der Waals surface area contributed by atoms with Gasteiger partial charge in [0.05, 0.1) is 0 Å². The lowest BCUT2D eigenvalue weighted by Crippen LogP contribution is -1.95. The summed E-state index contributed by atoms with van der Waals surface area (Å²) < 4.78 is 0. The average Bonchev–Trinajstić information content (AvgIpc) is 2.63. The maximum atomic E-state index is 10.4. The Morgan fingerprint density at radius 2 is 1.00 bits per heavy atom. The summed E-state index contributed by atoms with van der Waals surface area (Å²) in [5.41, 5.74) is 3.87. The summed E-state index contributed by atoms with van der Waals surface area (Å²) in [5, 5.41) is 10.4. The zero-order valence-electron chi connectivity index (χ0n) is 17.9. The number of phenolic OH excluding ortho intramolecular Hbond substituents is 1. The smallest absolute Gasteiger partial charge is 0.119 e. The van der Waals surface area contributed by atoms with Crippen LogP contribution in [0.5, 0.6) is 5.75 Å². The summed E-state index contributed by atoms with van der Waals surface area (Å²) in [6.07, 6.45) is 20.9. The Morgan fingerprint density at radius 3 is 1.50 bits per heavy atom. The van der Waals surface area contributed by atoms with Gasteiger partial charge in [-0.2, -0.15) is 0 Å². The van der Waals surface area contributed by atoms with E-state index in [-0.39, 0.29) is 0 Å². The van der Waals surface area contributed by atoms with Crippen LogP contribution in [-0.2, 0) is 12.8 Å². The van der Waals surface area contributed by atoms with E-state index < -0.39 is 0 Å². The van der Waals surface area contributed by atoms with Gasteiger partial charge in [0.25, 0.3) is 0 Å². The number of benzene rings is 1. The Bertz CT molecular complexity index is 420. The molecule has 0 saturated heterocycles. The SMILES string of the molecule is CCCCCCCCCc1cc(O)c(CCCCCCCCC)cc1C. The molecule has 0 spiro atoms. The second kappa shape index (κ2) is 15.1. The molecule has 26 heavy (non-hydrogen) atoms. The summed E-state index contributed by atoms with van der Waals surface area (Å²) in [5.74, 6) is 0.527. The van der Waals surface area contributed by atoms with E-state index in [2.05, 4.69) is 26.8 Å². The molecule has 0 saturated carbocycles. The molecule has 1 rings (SSSR count). The van der Waals surface area contributed by atoms with E-state index in [0.717, 1.165) is 18.4 Å². The molecule has 1 heteroatoms. The molecule has 1 N–H and O–H groups in total. The number of phenols is 1. The molecule has 0 aromatic heterocycles. The lowest BCUT2D eigenvalue weighted by molar-refractivity contribution is 0.464. The highest BCUT2D eigenvalue weighted by molar-refractivity contribution is 5.41. The summed E-state index contributed by atoms with van der Waals surface area (Å²) >= 11 is 0. The van der Waals surface area contributed by atoms with E-state index in [1.807, 2.05) is 6.07 Å². The third kappa shape index (κ3) is 10.2. The van der Waals surface area contributed by atoms with Crippen molar-refractivity contribution in [3.8, 4) is 5.75 Å². The summed E-state index contributed by atoms with van der Waals surface area (Å²) in [4.78, 5) is 0. The third-order valence-corrected chi connectivity index (χ3v) is 5.64. The highest BCUT2D eigenvalue weighted by Gasteiger charge is 2.07. The molecule has 0 fully saturated rings. The molecule has 0 atom stereocenters. The van der Waals surface area contributed by atoms with Crippen LogP contribution < -0.4 is 0 Å². The van der Waals surface area contributed by atoms with Crippen molar-refractivity contribution in [2.75, 3.05) is 0 Å². The first-order chi connectivity index (χ1) is 12.7. The quantitative estimate of drug-likeness (QED) is 0.294. The van der Waals surface area contributed by atoms with Crippen molar-refractivity contribution < 1.29 is 5.11 Å². The normalized spacial score (nSPS) is 11.2. The number of hydrogen-bond acceptors (Lipinski definition) is 1. The van der Waals surface area contributed by atoms with E-state index >= 15 is 0 Å². The Hall–Kier alpha value is -0.980. The number of rotatable bonds is 16. The van der Waals surface area contributed by atoms with Crippen molar-refractivity contribution in [3.63, 3.8) is 0 Å². The van der Waals surface area contributed by atoms with Crippen LogP contribution in [0.1, 0.15) is 120 Å². The molecule has 0 unspecified atom stereocenters. The van der Waals surface area contributed by atoms with E-state index in [1.165, 1.54) is 101 Å². The molecule has 0 bridgehead atoms. The zero-order chi connectivity index (χ0) is 19.0. The minimum atomic E-state index is 0.527. The predicted molar refractivity (Wildman–Crippen MR) is 116 cm³/mol.